The van der Waals surface area contributed by atoms with Crippen molar-refractivity contribution >= 4 is 180 Å². The fourth-order valence-corrected chi connectivity index (χ4v) is 18.3. The Labute approximate surface area is 669 Å². The summed E-state index contributed by atoms with van der Waals surface area (Å²) in [6, 6.07) is 136. The third-order valence-electron chi connectivity index (χ3n) is 24.1. The first-order chi connectivity index (χ1) is 55.9. The van der Waals surface area contributed by atoms with Crippen molar-refractivity contribution in [2.45, 2.75) is 38.9 Å². The van der Waals surface area contributed by atoms with Crippen LogP contribution in [0.5, 0.6) is 0 Å². The van der Waals surface area contributed by atoms with Gasteiger partial charge in [-0.15, -0.1) is 0 Å². The van der Waals surface area contributed by atoms with Crippen LogP contribution in [-0.2, 0) is 9.31 Å². The van der Waals surface area contributed by atoms with Crippen LogP contribution in [0.2, 0.25) is 0 Å². The van der Waals surface area contributed by atoms with E-state index in [1.54, 1.807) is 0 Å². The Bertz CT molecular complexity index is 7720. The molecule has 0 unspecified atom stereocenters. The molecule has 3 heterocycles. The van der Waals surface area contributed by atoms with Gasteiger partial charge in [-0.1, -0.05) is 325 Å². The van der Waals surface area contributed by atoms with Crippen LogP contribution in [0.25, 0.3) is 207 Å². The third-order valence-corrected chi connectivity index (χ3v) is 24.7. The van der Waals surface area contributed by atoms with E-state index in [0.29, 0.717) is 0 Å². The molecule has 0 atom stereocenters. The van der Waals surface area contributed by atoms with Gasteiger partial charge in [0, 0.05) is 36.8 Å². The summed E-state index contributed by atoms with van der Waals surface area (Å²) in [7, 11) is -0.436. The molecule has 0 radical (unpaired) electrons. The maximum Gasteiger partial charge on any atom is 0.494 e. The molecule has 2 aromatic heterocycles. The van der Waals surface area contributed by atoms with Gasteiger partial charge in [-0.05, 0) is 252 Å². The standard InChI is InChI=1S/C51H31N.C40H33BO2.C17H10BrN/c1-3-13-34-27-38(23-21-32(34)11-1)49-42-17-7-8-18-43(42)50(39-24-22-33-12-2-4-14-35(33)28-39)47-30-36(25-26-44(47)49)46-31-40-29-37-15-5-10-20-48(37)52-51(40)45-19-9-6-16-41(45)46;1-39(2)40(3,4)43-41(42-39)32-21-22-35-36(25-32)38(31-20-18-27-12-6-8-14-29(27)24-31)34-16-10-9-15-33(34)37(35)30-19-17-26-11-5-7-13-28(26)23-30;18-15-10-12-9-11-5-1-4-8-16(11)19-17(12)14-7-3-2-6-13(14)15/h1-31H;5-25H,1-4H3;1-10H. The second kappa shape index (κ2) is 27.6. The number of benzene rings is 20. The molecular formula is C108H74BBrN2O2. The number of aromatic nitrogens is 2. The van der Waals surface area contributed by atoms with E-state index in [9.17, 15) is 0 Å². The van der Waals surface area contributed by atoms with E-state index in [1.165, 1.54) is 174 Å². The van der Waals surface area contributed by atoms with Gasteiger partial charge in [-0.3, -0.25) is 0 Å². The zero-order valence-corrected chi connectivity index (χ0v) is 65.0. The van der Waals surface area contributed by atoms with Crippen LogP contribution in [0.1, 0.15) is 27.7 Å². The Morgan fingerprint density at radius 3 is 0.965 bits per heavy atom. The van der Waals surface area contributed by atoms with E-state index in [1.807, 2.05) is 12.1 Å². The summed E-state index contributed by atoms with van der Waals surface area (Å²) in [5, 5.41) is 29.3. The van der Waals surface area contributed by atoms with Crippen molar-refractivity contribution in [3.8, 4) is 55.6 Å². The third kappa shape index (κ3) is 11.9. The average molecular weight is 1520 g/mol. The maximum absolute atomic E-state index is 6.53. The predicted octanol–water partition coefficient (Wildman–Crippen LogP) is 29.4. The highest BCUT2D eigenvalue weighted by Crippen LogP contribution is 2.49. The summed E-state index contributed by atoms with van der Waals surface area (Å²) in [5.41, 5.74) is 16.7. The van der Waals surface area contributed by atoms with Crippen LogP contribution >= 0.6 is 15.9 Å². The van der Waals surface area contributed by atoms with Crippen LogP contribution in [0.15, 0.2) is 381 Å². The molecule has 1 aliphatic rings. The molecule has 20 aromatic carbocycles. The molecule has 114 heavy (non-hydrogen) atoms. The van der Waals surface area contributed by atoms with Crippen molar-refractivity contribution in [2.75, 3.05) is 0 Å². The summed E-state index contributed by atoms with van der Waals surface area (Å²) in [5.74, 6) is 0. The molecular weight excluding hydrogens is 1450 g/mol. The van der Waals surface area contributed by atoms with Crippen LogP contribution in [0, 0.1) is 0 Å². The number of hydrogen-bond donors (Lipinski definition) is 0. The van der Waals surface area contributed by atoms with Crippen LogP contribution in [0.4, 0.5) is 0 Å². The zero-order valence-electron chi connectivity index (χ0n) is 63.5. The molecule has 22 aromatic rings. The van der Waals surface area contributed by atoms with E-state index in [4.69, 9.17) is 19.3 Å². The highest BCUT2D eigenvalue weighted by Gasteiger charge is 2.52. The molecule has 0 spiro atoms. The Morgan fingerprint density at radius 2 is 0.535 bits per heavy atom. The Balaban J connectivity index is 0.000000118. The monoisotopic (exact) mass is 1520 g/mol. The fourth-order valence-electron chi connectivity index (χ4n) is 17.7. The van der Waals surface area contributed by atoms with Gasteiger partial charge >= 0.3 is 7.12 Å². The number of halogens is 1. The second-order valence-electron chi connectivity index (χ2n) is 31.4. The van der Waals surface area contributed by atoms with E-state index >= 15 is 0 Å². The minimum Gasteiger partial charge on any atom is -0.399 e. The van der Waals surface area contributed by atoms with Crippen molar-refractivity contribution in [1.29, 1.82) is 0 Å². The van der Waals surface area contributed by atoms with Gasteiger partial charge < -0.3 is 9.31 Å². The molecule has 23 rings (SSSR count). The van der Waals surface area contributed by atoms with Gasteiger partial charge in [-0.2, -0.15) is 0 Å². The summed E-state index contributed by atoms with van der Waals surface area (Å²) >= 11 is 3.65. The number of fused-ring (bicyclic) bond motifs is 16. The smallest absolute Gasteiger partial charge is 0.399 e. The Kier molecular flexibility index (Phi) is 16.7. The lowest BCUT2D eigenvalue weighted by Gasteiger charge is -2.32. The van der Waals surface area contributed by atoms with E-state index in [-0.39, 0.29) is 0 Å². The van der Waals surface area contributed by atoms with Crippen LogP contribution in [-0.4, -0.2) is 28.3 Å². The molecule has 0 aliphatic carbocycles. The molecule has 0 saturated carbocycles. The first kappa shape index (κ1) is 68.8. The highest BCUT2D eigenvalue weighted by molar-refractivity contribution is 9.10. The Morgan fingerprint density at radius 1 is 0.228 bits per heavy atom. The first-order valence-corrected chi connectivity index (χ1v) is 40.1. The predicted molar refractivity (Wildman–Crippen MR) is 491 cm³/mol. The molecule has 538 valence electrons. The summed E-state index contributed by atoms with van der Waals surface area (Å²) in [4.78, 5) is 10.00. The molecule has 4 nitrogen and oxygen atoms in total. The molecule has 0 amide bonds. The van der Waals surface area contributed by atoms with E-state index in [2.05, 4.69) is 408 Å². The number of hydrogen-bond acceptors (Lipinski definition) is 4. The second-order valence-corrected chi connectivity index (χ2v) is 32.2. The minimum atomic E-state index is -0.436. The normalized spacial score (nSPS) is 13.4. The van der Waals surface area contributed by atoms with Crippen LogP contribution in [0.3, 0.4) is 0 Å². The van der Waals surface area contributed by atoms with Gasteiger partial charge in [0.15, 0.2) is 0 Å². The van der Waals surface area contributed by atoms with E-state index < -0.39 is 18.3 Å². The quantitative estimate of drug-likeness (QED) is 0.0945. The van der Waals surface area contributed by atoms with Gasteiger partial charge in [0.2, 0.25) is 0 Å². The summed E-state index contributed by atoms with van der Waals surface area (Å²) < 4.78 is 14.2. The number of nitrogens with zero attached hydrogens (tertiary/aromatic N) is 2. The van der Waals surface area contributed by atoms with Gasteiger partial charge in [0.25, 0.3) is 0 Å². The SMILES string of the molecule is Brc1cc2cc3ccccc3nc2c2ccccc12.CC1(C)OB(c2ccc3c(-c4ccc5ccccc5c4)c4ccccc4c(-c4ccc5ccccc5c4)c3c2)OC1(C)C.c1ccc2cc(-c3c4ccccc4c(-c4ccc5ccccc5c4)c4cc(-c5cc6cc7ccccc7nc6c6ccccc56)ccc34)ccc2c1. The number of para-hydroxylation sites is 2. The average Bonchev–Trinajstić information content (AvgIpc) is 0.998. The van der Waals surface area contributed by atoms with Gasteiger partial charge in [-0.25, -0.2) is 9.97 Å². The van der Waals surface area contributed by atoms with Crippen molar-refractivity contribution in [2.24, 2.45) is 0 Å². The topological polar surface area (TPSA) is 44.2 Å². The fraction of sp³-hybridized carbons (Fsp3) is 0.0556. The van der Waals surface area contributed by atoms with E-state index in [0.717, 1.165) is 42.8 Å². The number of pyridine rings is 2. The van der Waals surface area contributed by atoms with Crippen LogP contribution < -0.4 is 5.46 Å². The summed E-state index contributed by atoms with van der Waals surface area (Å²) in [6.45, 7) is 8.44. The molecule has 6 heteroatoms. The van der Waals surface area contributed by atoms with Crippen molar-refractivity contribution in [1.82, 2.24) is 9.97 Å². The molecule has 1 aliphatic heterocycles. The molecule has 0 bridgehead atoms. The van der Waals surface area contributed by atoms with Gasteiger partial charge in [0.1, 0.15) is 0 Å². The molecule has 1 fully saturated rings. The lowest BCUT2D eigenvalue weighted by atomic mass is 9.76. The Hall–Kier alpha value is -13.2. The zero-order chi connectivity index (χ0) is 76.3. The minimum absolute atomic E-state index is 0.409. The molecule has 1 saturated heterocycles. The summed E-state index contributed by atoms with van der Waals surface area (Å²) in [6.07, 6.45) is 0. The van der Waals surface area contributed by atoms with Crippen molar-refractivity contribution < 1.29 is 9.31 Å². The lowest BCUT2D eigenvalue weighted by Crippen LogP contribution is -2.41. The lowest BCUT2D eigenvalue weighted by molar-refractivity contribution is 0.00578. The molecule has 0 N–H and O–H groups in total. The van der Waals surface area contributed by atoms with Crippen molar-refractivity contribution in [3.05, 3.63) is 381 Å². The number of rotatable bonds is 6. The van der Waals surface area contributed by atoms with Crippen molar-refractivity contribution in [3.63, 3.8) is 0 Å². The largest absolute Gasteiger partial charge is 0.494 e. The highest BCUT2D eigenvalue weighted by atomic mass is 79.9. The maximum atomic E-state index is 6.53. The van der Waals surface area contributed by atoms with Gasteiger partial charge in [0.05, 0.1) is 33.3 Å². The first-order valence-electron chi connectivity index (χ1n) is 39.3.